The molecule has 0 N–H and O–H groups in total. The molecule has 2 heteroatoms. The molecule has 0 atom stereocenters. The number of fused-ring (bicyclic) bond motifs is 1. The number of nitrogens with zero attached hydrogens (tertiary/aromatic N) is 1. The molecule has 1 aliphatic heterocycles. The molecule has 0 aromatic carbocycles. The van der Waals surface area contributed by atoms with Crippen molar-refractivity contribution in [2.24, 2.45) is 0 Å². The number of aromatic nitrogens is 1. The van der Waals surface area contributed by atoms with Crippen LogP contribution in [0.3, 0.4) is 0 Å². The Morgan fingerprint density at radius 3 is 3.40 bits per heavy atom. The third kappa shape index (κ3) is 0.948. The van der Waals surface area contributed by atoms with Crippen molar-refractivity contribution in [1.29, 1.82) is 0 Å². The summed E-state index contributed by atoms with van der Waals surface area (Å²) in [4.78, 5) is 5.38. The highest BCUT2D eigenvalue weighted by molar-refractivity contribution is 7.99. The SMILES string of the molecule is C1=Cc2cnccc2SC1. The van der Waals surface area contributed by atoms with Gasteiger partial charge in [-0.3, -0.25) is 4.98 Å². The topological polar surface area (TPSA) is 12.9 Å². The predicted molar refractivity (Wildman–Crippen MR) is 44.0 cm³/mol. The van der Waals surface area contributed by atoms with Gasteiger partial charge in [-0.1, -0.05) is 12.2 Å². The first-order valence-electron chi connectivity index (χ1n) is 3.20. The summed E-state index contributed by atoms with van der Waals surface area (Å²) in [5.41, 5.74) is 1.25. The summed E-state index contributed by atoms with van der Waals surface area (Å²) in [6.45, 7) is 0. The van der Waals surface area contributed by atoms with Crippen LogP contribution in [0, 0.1) is 0 Å². The van der Waals surface area contributed by atoms with Gasteiger partial charge in [0.2, 0.25) is 0 Å². The van der Waals surface area contributed by atoms with Crippen LogP contribution < -0.4 is 0 Å². The highest BCUT2D eigenvalue weighted by atomic mass is 32.2. The van der Waals surface area contributed by atoms with Gasteiger partial charge in [-0.05, 0) is 6.07 Å². The summed E-state index contributed by atoms with van der Waals surface area (Å²) in [6, 6.07) is 2.06. The molecule has 2 heterocycles. The first-order chi connectivity index (χ1) is 4.97. The van der Waals surface area contributed by atoms with E-state index in [1.54, 1.807) is 0 Å². The third-order valence-corrected chi connectivity index (χ3v) is 2.48. The molecule has 10 heavy (non-hydrogen) atoms. The van der Waals surface area contributed by atoms with Crippen LogP contribution in [-0.2, 0) is 0 Å². The molecule has 0 radical (unpaired) electrons. The predicted octanol–water partition coefficient (Wildman–Crippen LogP) is 2.20. The van der Waals surface area contributed by atoms with Crippen molar-refractivity contribution in [2.45, 2.75) is 4.90 Å². The molecule has 0 aliphatic carbocycles. The van der Waals surface area contributed by atoms with Crippen molar-refractivity contribution in [3.05, 3.63) is 30.1 Å². The minimum absolute atomic E-state index is 1.09. The van der Waals surface area contributed by atoms with E-state index in [0.717, 1.165) is 5.75 Å². The zero-order valence-corrected chi connectivity index (χ0v) is 6.27. The van der Waals surface area contributed by atoms with Gasteiger partial charge in [-0.15, -0.1) is 11.8 Å². The van der Waals surface area contributed by atoms with Crippen LogP contribution in [0.2, 0.25) is 0 Å². The summed E-state index contributed by atoms with van der Waals surface area (Å²) >= 11 is 1.86. The van der Waals surface area contributed by atoms with Gasteiger partial charge in [0.25, 0.3) is 0 Å². The van der Waals surface area contributed by atoms with Crippen molar-refractivity contribution in [1.82, 2.24) is 4.98 Å². The molecular formula is C8H7NS. The van der Waals surface area contributed by atoms with Crippen LogP contribution in [-0.4, -0.2) is 10.7 Å². The Morgan fingerprint density at radius 1 is 1.50 bits per heavy atom. The zero-order chi connectivity index (χ0) is 6.81. The lowest BCUT2D eigenvalue weighted by Gasteiger charge is -2.06. The van der Waals surface area contributed by atoms with E-state index in [-0.39, 0.29) is 0 Å². The van der Waals surface area contributed by atoms with Crippen molar-refractivity contribution < 1.29 is 0 Å². The van der Waals surface area contributed by atoms with E-state index in [4.69, 9.17) is 0 Å². The summed E-state index contributed by atoms with van der Waals surface area (Å²) < 4.78 is 0. The normalized spacial score (nSPS) is 14.8. The first kappa shape index (κ1) is 5.98. The average molecular weight is 149 g/mol. The number of hydrogen-bond acceptors (Lipinski definition) is 2. The molecule has 1 aromatic rings. The Kier molecular flexibility index (Phi) is 1.47. The summed E-state index contributed by atoms with van der Waals surface area (Å²) in [6.07, 6.45) is 8.02. The Balaban J connectivity index is 2.54. The molecule has 50 valence electrons. The third-order valence-electron chi connectivity index (χ3n) is 1.44. The number of pyridine rings is 1. The van der Waals surface area contributed by atoms with Crippen LogP contribution >= 0.6 is 11.8 Å². The average Bonchev–Trinajstić information content (AvgIpc) is 2.05. The van der Waals surface area contributed by atoms with Crippen LogP contribution in [0.25, 0.3) is 6.08 Å². The van der Waals surface area contributed by atoms with Gasteiger partial charge < -0.3 is 0 Å². The summed E-state index contributed by atoms with van der Waals surface area (Å²) in [7, 11) is 0. The fourth-order valence-corrected chi connectivity index (χ4v) is 1.78. The van der Waals surface area contributed by atoms with Gasteiger partial charge in [0.15, 0.2) is 0 Å². The molecule has 0 spiro atoms. The second-order valence-corrected chi connectivity index (χ2v) is 3.19. The summed E-state index contributed by atoms with van der Waals surface area (Å²) in [5.74, 6) is 1.09. The molecule has 0 amide bonds. The molecule has 2 rings (SSSR count). The van der Waals surface area contributed by atoms with Crippen molar-refractivity contribution in [3.63, 3.8) is 0 Å². The maximum Gasteiger partial charge on any atom is 0.0351 e. The molecule has 0 saturated heterocycles. The quantitative estimate of drug-likeness (QED) is 0.561. The van der Waals surface area contributed by atoms with Crippen LogP contribution in [0.1, 0.15) is 5.56 Å². The summed E-state index contributed by atoms with van der Waals surface area (Å²) in [5, 5.41) is 0. The maximum atomic E-state index is 4.03. The molecule has 0 unspecified atom stereocenters. The van der Waals surface area contributed by atoms with E-state index in [1.165, 1.54) is 10.5 Å². The minimum atomic E-state index is 1.09. The molecular weight excluding hydrogens is 142 g/mol. The first-order valence-corrected chi connectivity index (χ1v) is 4.19. The monoisotopic (exact) mass is 149 g/mol. The van der Waals surface area contributed by atoms with Gasteiger partial charge in [0.05, 0.1) is 0 Å². The molecule has 0 saturated carbocycles. The minimum Gasteiger partial charge on any atom is -0.264 e. The number of hydrogen-bond donors (Lipinski definition) is 0. The van der Waals surface area contributed by atoms with Crippen molar-refractivity contribution in [3.8, 4) is 0 Å². The standard InChI is InChI=1S/C8H7NS/c1-2-7-6-9-4-3-8(7)10-5-1/h1-4,6H,5H2. The Bertz CT molecular complexity index is 268. The van der Waals surface area contributed by atoms with Crippen molar-refractivity contribution >= 4 is 17.8 Å². The van der Waals surface area contributed by atoms with E-state index in [2.05, 4.69) is 23.2 Å². The van der Waals surface area contributed by atoms with E-state index in [0.29, 0.717) is 0 Å². The van der Waals surface area contributed by atoms with Gasteiger partial charge in [0, 0.05) is 28.6 Å². The fraction of sp³-hybridized carbons (Fsp3) is 0.125. The number of thioether (sulfide) groups is 1. The largest absolute Gasteiger partial charge is 0.264 e. The molecule has 1 aliphatic rings. The highest BCUT2D eigenvalue weighted by Crippen LogP contribution is 2.26. The lowest BCUT2D eigenvalue weighted by molar-refractivity contribution is 1.24. The van der Waals surface area contributed by atoms with Gasteiger partial charge in [-0.2, -0.15) is 0 Å². The second kappa shape index (κ2) is 2.46. The van der Waals surface area contributed by atoms with Gasteiger partial charge in [-0.25, -0.2) is 0 Å². The highest BCUT2D eigenvalue weighted by Gasteiger charge is 2.01. The molecule has 1 aromatic heterocycles. The Morgan fingerprint density at radius 2 is 2.50 bits per heavy atom. The number of rotatable bonds is 0. The van der Waals surface area contributed by atoms with E-state index in [9.17, 15) is 0 Å². The van der Waals surface area contributed by atoms with E-state index < -0.39 is 0 Å². The van der Waals surface area contributed by atoms with Crippen molar-refractivity contribution in [2.75, 3.05) is 5.75 Å². The molecule has 1 nitrogen and oxygen atoms in total. The Labute approximate surface area is 64.2 Å². The van der Waals surface area contributed by atoms with Gasteiger partial charge in [0.1, 0.15) is 0 Å². The van der Waals surface area contributed by atoms with E-state index in [1.807, 2.05) is 24.2 Å². The lowest BCUT2D eigenvalue weighted by atomic mass is 10.2. The molecule has 0 fully saturated rings. The smallest absolute Gasteiger partial charge is 0.0351 e. The van der Waals surface area contributed by atoms with Crippen LogP contribution in [0.5, 0.6) is 0 Å². The second-order valence-electron chi connectivity index (χ2n) is 2.13. The molecule has 0 bridgehead atoms. The maximum absolute atomic E-state index is 4.03. The van der Waals surface area contributed by atoms with Gasteiger partial charge >= 0.3 is 0 Å². The lowest BCUT2D eigenvalue weighted by Crippen LogP contribution is -1.87. The van der Waals surface area contributed by atoms with Crippen LogP contribution in [0.15, 0.2) is 29.4 Å². The zero-order valence-electron chi connectivity index (χ0n) is 5.45. The van der Waals surface area contributed by atoms with E-state index >= 15 is 0 Å². The fourth-order valence-electron chi connectivity index (χ4n) is 0.963. The Hall–Kier alpha value is -0.760. The van der Waals surface area contributed by atoms with Crippen LogP contribution in [0.4, 0.5) is 0 Å².